The molecule has 0 aliphatic rings. The highest BCUT2D eigenvalue weighted by Gasteiger charge is 2.11. The van der Waals surface area contributed by atoms with Gasteiger partial charge in [0.2, 0.25) is 0 Å². The van der Waals surface area contributed by atoms with Crippen molar-refractivity contribution in [2.45, 2.75) is 0 Å². The van der Waals surface area contributed by atoms with Gasteiger partial charge >= 0.3 is 0 Å². The van der Waals surface area contributed by atoms with Gasteiger partial charge in [0.25, 0.3) is 11.8 Å². The van der Waals surface area contributed by atoms with E-state index in [-0.39, 0.29) is 17.6 Å². The van der Waals surface area contributed by atoms with Crippen molar-refractivity contribution < 1.29 is 14.0 Å². The molecule has 0 fully saturated rings. The fourth-order valence-electron chi connectivity index (χ4n) is 2.02. The molecule has 0 aliphatic heterocycles. The molecule has 2 N–H and O–H groups in total. The third kappa shape index (κ3) is 3.46. The quantitative estimate of drug-likeness (QED) is 0.775. The summed E-state index contributed by atoms with van der Waals surface area (Å²) in [7, 11) is 1.74. The number of amides is 2. The monoisotopic (exact) mass is 310 g/mol. The Morgan fingerprint density at radius 2 is 1.83 bits per heavy atom. The summed E-state index contributed by atoms with van der Waals surface area (Å²) in [6, 6.07) is 10.1. The fourth-order valence-corrected chi connectivity index (χ4v) is 2.02. The first kappa shape index (κ1) is 14.6. The van der Waals surface area contributed by atoms with Crippen molar-refractivity contribution in [1.29, 1.82) is 0 Å². The zero-order valence-corrected chi connectivity index (χ0v) is 12.3. The number of anilines is 2. The van der Waals surface area contributed by atoms with Crippen molar-refractivity contribution >= 4 is 23.2 Å². The summed E-state index contributed by atoms with van der Waals surface area (Å²) in [6.07, 6.45) is 4.54. The van der Waals surface area contributed by atoms with Crippen LogP contribution in [0.15, 0.2) is 59.5 Å². The number of rotatable bonds is 4. The number of carbonyl (C=O) groups excluding carboxylic acids is 2. The van der Waals surface area contributed by atoms with Crippen molar-refractivity contribution in [2.24, 2.45) is 7.05 Å². The van der Waals surface area contributed by atoms with Gasteiger partial charge in [-0.2, -0.15) is 5.10 Å². The van der Waals surface area contributed by atoms with Gasteiger partial charge in [-0.1, -0.05) is 6.07 Å². The number of nitrogens with one attached hydrogen (secondary N) is 2. The van der Waals surface area contributed by atoms with E-state index in [1.165, 1.54) is 12.5 Å². The lowest BCUT2D eigenvalue weighted by Gasteiger charge is -2.07. The van der Waals surface area contributed by atoms with E-state index < -0.39 is 0 Å². The number of hydrogen-bond donors (Lipinski definition) is 2. The summed E-state index contributed by atoms with van der Waals surface area (Å²) in [5.41, 5.74) is 1.57. The van der Waals surface area contributed by atoms with Crippen LogP contribution in [0.4, 0.5) is 11.4 Å². The zero-order chi connectivity index (χ0) is 16.2. The van der Waals surface area contributed by atoms with Gasteiger partial charge in [-0.15, -0.1) is 0 Å². The van der Waals surface area contributed by atoms with Gasteiger partial charge in [-0.25, -0.2) is 0 Å². The van der Waals surface area contributed by atoms with Gasteiger partial charge in [-0.3, -0.25) is 14.3 Å². The second-order valence-corrected chi connectivity index (χ2v) is 4.87. The number of aromatic nitrogens is 2. The summed E-state index contributed by atoms with van der Waals surface area (Å²) in [4.78, 5) is 24.0. The highest BCUT2D eigenvalue weighted by Crippen LogP contribution is 2.17. The molecule has 3 aromatic rings. The van der Waals surface area contributed by atoms with Crippen LogP contribution < -0.4 is 10.6 Å². The van der Waals surface area contributed by atoms with E-state index in [1.54, 1.807) is 54.3 Å². The summed E-state index contributed by atoms with van der Waals surface area (Å²) >= 11 is 0. The first-order valence-electron chi connectivity index (χ1n) is 6.87. The van der Waals surface area contributed by atoms with Gasteiger partial charge in [0.1, 0.15) is 0 Å². The molecule has 0 saturated carbocycles. The van der Waals surface area contributed by atoms with Crippen LogP contribution in [0.2, 0.25) is 0 Å². The predicted octanol–water partition coefficient (Wildman–Crippen LogP) is 2.52. The molecule has 0 aliphatic carbocycles. The van der Waals surface area contributed by atoms with E-state index in [0.717, 1.165) is 0 Å². The molecule has 0 unspecified atom stereocenters. The van der Waals surface area contributed by atoms with E-state index in [2.05, 4.69) is 15.7 Å². The van der Waals surface area contributed by atoms with Gasteiger partial charge in [0.15, 0.2) is 5.76 Å². The molecule has 116 valence electrons. The highest BCUT2D eigenvalue weighted by molar-refractivity contribution is 6.05. The molecule has 7 heteroatoms. The minimum absolute atomic E-state index is 0.217. The Hall–Kier alpha value is -3.35. The zero-order valence-electron chi connectivity index (χ0n) is 12.3. The minimum Gasteiger partial charge on any atom is -0.459 e. The number of hydrogen-bond acceptors (Lipinski definition) is 4. The molecule has 0 bridgehead atoms. The maximum absolute atomic E-state index is 12.1. The third-order valence-corrected chi connectivity index (χ3v) is 3.09. The van der Waals surface area contributed by atoms with E-state index in [0.29, 0.717) is 16.9 Å². The number of benzene rings is 1. The number of nitrogens with zero attached hydrogens (tertiary/aromatic N) is 2. The number of aryl methyl sites for hydroxylation is 1. The van der Waals surface area contributed by atoms with Gasteiger partial charge in [0, 0.05) is 24.6 Å². The minimum atomic E-state index is -0.356. The van der Waals surface area contributed by atoms with Crippen molar-refractivity contribution in [3.63, 3.8) is 0 Å². The topological polar surface area (TPSA) is 89.2 Å². The Labute approximate surface area is 131 Å². The van der Waals surface area contributed by atoms with E-state index in [1.807, 2.05) is 0 Å². The molecule has 2 heterocycles. The normalized spacial score (nSPS) is 10.3. The molecule has 1 aromatic carbocycles. The predicted molar refractivity (Wildman–Crippen MR) is 84.3 cm³/mol. The van der Waals surface area contributed by atoms with E-state index in [4.69, 9.17) is 4.42 Å². The van der Waals surface area contributed by atoms with Crippen LogP contribution in [0.3, 0.4) is 0 Å². The molecular weight excluding hydrogens is 296 g/mol. The van der Waals surface area contributed by atoms with Crippen LogP contribution in [-0.4, -0.2) is 21.6 Å². The molecule has 2 aromatic heterocycles. The first-order valence-corrected chi connectivity index (χ1v) is 6.87. The molecule has 0 radical (unpaired) electrons. The molecule has 7 nitrogen and oxygen atoms in total. The van der Waals surface area contributed by atoms with Crippen LogP contribution >= 0.6 is 0 Å². The highest BCUT2D eigenvalue weighted by atomic mass is 16.3. The molecule has 23 heavy (non-hydrogen) atoms. The Morgan fingerprint density at radius 1 is 1.09 bits per heavy atom. The standard InChI is InChI=1S/C16H14N4O3/c1-20-10-11(9-17-20)15(21)18-12-4-2-5-13(8-12)19-16(22)14-6-3-7-23-14/h2-10H,1H3,(H,18,21)(H,19,22). The third-order valence-electron chi connectivity index (χ3n) is 3.09. The smallest absolute Gasteiger partial charge is 0.291 e. The first-order chi connectivity index (χ1) is 11.1. The van der Waals surface area contributed by atoms with Gasteiger partial charge < -0.3 is 15.1 Å². The van der Waals surface area contributed by atoms with E-state index >= 15 is 0 Å². The molecule has 0 atom stereocenters. The average molecular weight is 310 g/mol. The van der Waals surface area contributed by atoms with Crippen molar-refractivity contribution in [3.05, 3.63) is 66.4 Å². The number of carbonyl (C=O) groups is 2. The van der Waals surface area contributed by atoms with Crippen molar-refractivity contribution in [3.8, 4) is 0 Å². The Bertz CT molecular complexity index is 837. The van der Waals surface area contributed by atoms with Crippen LogP contribution in [0.1, 0.15) is 20.9 Å². The Balaban J connectivity index is 1.70. The van der Waals surface area contributed by atoms with Crippen molar-refractivity contribution in [1.82, 2.24) is 9.78 Å². The lowest BCUT2D eigenvalue weighted by molar-refractivity contribution is 0.0995. The average Bonchev–Trinajstić information content (AvgIpc) is 3.18. The summed E-state index contributed by atoms with van der Waals surface area (Å²) in [6.45, 7) is 0. The maximum Gasteiger partial charge on any atom is 0.291 e. The van der Waals surface area contributed by atoms with Crippen molar-refractivity contribution in [2.75, 3.05) is 10.6 Å². The van der Waals surface area contributed by atoms with Crippen LogP contribution in [0.5, 0.6) is 0 Å². The van der Waals surface area contributed by atoms with Gasteiger partial charge in [0.05, 0.1) is 18.0 Å². The summed E-state index contributed by atoms with van der Waals surface area (Å²) in [5, 5.41) is 9.41. The maximum atomic E-state index is 12.1. The van der Waals surface area contributed by atoms with Gasteiger partial charge in [-0.05, 0) is 30.3 Å². The molecule has 2 amide bonds. The fraction of sp³-hybridized carbons (Fsp3) is 0.0625. The van der Waals surface area contributed by atoms with E-state index in [9.17, 15) is 9.59 Å². The second kappa shape index (κ2) is 6.18. The van der Waals surface area contributed by atoms with Crippen LogP contribution in [0, 0.1) is 0 Å². The molecule has 3 rings (SSSR count). The Kier molecular flexibility index (Phi) is 3.92. The lowest BCUT2D eigenvalue weighted by atomic mass is 10.2. The molecule has 0 saturated heterocycles. The lowest BCUT2D eigenvalue weighted by Crippen LogP contribution is -2.13. The molecular formula is C16H14N4O3. The SMILES string of the molecule is Cn1cc(C(=O)Nc2cccc(NC(=O)c3ccco3)c2)cn1. The van der Waals surface area contributed by atoms with Crippen LogP contribution in [-0.2, 0) is 7.05 Å². The second-order valence-electron chi connectivity index (χ2n) is 4.87. The van der Waals surface area contributed by atoms with Crippen LogP contribution in [0.25, 0.3) is 0 Å². The summed E-state index contributed by atoms with van der Waals surface area (Å²) in [5.74, 6) is -0.409. The molecule has 0 spiro atoms. The largest absolute Gasteiger partial charge is 0.459 e. The number of furan rings is 1. The Morgan fingerprint density at radius 3 is 2.43 bits per heavy atom. The summed E-state index contributed by atoms with van der Waals surface area (Å²) < 4.78 is 6.58.